The minimum Gasteiger partial charge on any atom is -0.484 e. The normalized spacial score (nSPS) is 10.3. The summed E-state index contributed by atoms with van der Waals surface area (Å²) in [5, 5.41) is 16.3. The van der Waals surface area contributed by atoms with Crippen molar-refractivity contribution in [2.45, 2.75) is 6.54 Å². The predicted octanol–water partition coefficient (Wildman–Crippen LogP) is 2.78. The van der Waals surface area contributed by atoms with Crippen molar-refractivity contribution in [3.63, 3.8) is 0 Å². The predicted molar refractivity (Wildman–Crippen MR) is 92.8 cm³/mol. The molecule has 0 saturated carbocycles. The van der Waals surface area contributed by atoms with E-state index < -0.39 is 5.82 Å². The summed E-state index contributed by atoms with van der Waals surface area (Å²) in [7, 11) is 1.54. The van der Waals surface area contributed by atoms with E-state index in [9.17, 15) is 9.18 Å². The number of aromatic nitrogens is 2. The first-order valence-electron chi connectivity index (χ1n) is 7.98. The number of nitriles is 1. The summed E-state index contributed by atoms with van der Waals surface area (Å²) in [5.74, 6) is 0.0978. The van der Waals surface area contributed by atoms with Crippen molar-refractivity contribution in [3.8, 4) is 23.3 Å². The average molecular weight is 366 g/mol. The van der Waals surface area contributed by atoms with Gasteiger partial charge in [0, 0.05) is 24.7 Å². The van der Waals surface area contributed by atoms with Crippen LogP contribution in [0.2, 0.25) is 0 Å². The fraction of sp³-hybridized carbons (Fsp3) is 0.158. The Balaban J connectivity index is 1.56. The molecule has 7 nitrogen and oxygen atoms in total. The molecule has 3 aromatic rings. The molecule has 0 atom stereocenters. The first kappa shape index (κ1) is 18.1. The van der Waals surface area contributed by atoms with Crippen LogP contribution in [0.5, 0.6) is 5.75 Å². The standard InChI is InChI=1S/C19H15FN4O3/c1-24(10-15-8-13(9-21)2-7-17(15)20)18(25)11-26-16-5-3-14(4-6-16)19-23-22-12-27-19/h2-8,12H,10-11H2,1H3. The van der Waals surface area contributed by atoms with Crippen LogP contribution in [-0.4, -0.2) is 34.7 Å². The lowest BCUT2D eigenvalue weighted by atomic mass is 10.1. The molecule has 1 heterocycles. The first-order valence-corrected chi connectivity index (χ1v) is 7.98. The summed E-state index contributed by atoms with van der Waals surface area (Å²) >= 11 is 0. The van der Waals surface area contributed by atoms with Crippen molar-refractivity contribution >= 4 is 5.91 Å². The van der Waals surface area contributed by atoms with Crippen LogP contribution in [0, 0.1) is 17.1 Å². The second-order valence-corrected chi connectivity index (χ2v) is 5.72. The molecule has 0 saturated heterocycles. The third-order valence-electron chi connectivity index (χ3n) is 3.83. The fourth-order valence-electron chi connectivity index (χ4n) is 2.36. The SMILES string of the molecule is CN(Cc1cc(C#N)ccc1F)C(=O)COc1ccc(-c2nnco2)cc1. The molecular formula is C19H15FN4O3. The Morgan fingerprint density at radius 1 is 1.30 bits per heavy atom. The highest BCUT2D eigenvalue weighted by atomic mass is 19.1. The summed E-state index contributed by atoms with van der Waals surface area (Å²) in [6, 6.07) is 12.8. The molecule has 0 radical (unpaired) electrons. The van der Waals surface area contributed by atoms with Crippen LogP contribution >= 0.6 is 0 Å². The monoisotopic (exact) mass is 366 g/mol. The van der Waals surface area contributed by atoms with Gasteiger partial charge in [0.05, 0.1) is 11.6 Å². The van der Waals surface area contributed by atoms with Gasteiger partial charge >= 0.3 is 0 Å². The second-order valence-electron chi connectivity index (χ2n) is 5.72. The van der Waals surface area contributed by atoms with Crippen LogP contribution < -0.4 is 4.74 Å². The van der Waals surface area contributed by atoms with Crippen LogP contribution in [0.15, 0.2) is 53.3 Å². The van der Waals surface area contributed by atoms with E-state index in [1.54, 1.807) is 31.3 Å². The molecule has 27 heavy (non-hydrogen) atoms. The Morgan fingerprint density at radius 3 is 2.74 bits per heavy atom. The van der Waals surface area contributed by atoms with E-state index in [1.165, 1.54) is 29.5 Å². The summed E-state index contributed by atoms with van der Waals surface area (Å²) in [6.45, 7) is -0.157. The largest absolute Gasteiger partial charge is 0.484 e. The third-order valence-corrected chi connectivity index (χ3v) is 3.83. The van der Waals surface area contributed by atoms with E-state index in [1.807, 2.05) is 6.07 Å². The number of rotatable bonds is 6. The maximum absolute atomic E-state index is 13.8. The molecule has 136 valence electrons. The van der Waals surface area contributed by atoms with Gasteiger partial charge in [0.25, 0.3) is 5.91 Å². The molecule has 0 aliphatic carbocycles. The molecule has 0 spiro atoms. The quantitative estimate of drug-likeness (QED) is 0.666. The Hall–Kier alpha value is -3.73. The first-order chi connectivity index (χ1) is 13.1. The van der Waals surface area contributed by atoms with Gasteiger partial charge < -0.3 is 14.1 Å². The fourth-order valence-corrected chi connectivity index (χ4v) is 2.36. The van der Waals surface area contributed by atoms with Crippen molar-refractivity contribution in [1.29, 1.82) is 5.26 Å². The minimum absolute atomic E-state index is 0.0413. The van der Waals surface area contributed by atoms with Crippen molar-refractivity contribution in [2.24, 2.45) is 0 Å². The van der Waals surface area contributed by atoms with Crippen molar-refractivity contribution in [2.75, 3.05) is 13.7 Å². The van der Waals surface area contributed by atoms with E-state index in [4.69, 9.17) is 14.4 Å². The van der Waals surface area contributed by atoms with Gasteiger partial charge in [-0.05, 0) is 42.5 Å². The highest BCUT2D eigenvalue weighted by Gasteiger charge is 2.13. The zero-order chi connectivity index (χ0) is 19.2. The molecule has 0 N–H and O–H groups in total. The summed E-state index contributed by atoms with van der Waals surface area (Å²) in [4.78, 5) is 13.6. The lowest BCUT2D eigenvalue weighted by Crippen LogP contribution is -2.31. The van der Waals surface area contributed by atoms with Gasteiger partial charge in [-0.15, -0.1) is 10.2 Å². The molecule has 1 aromatic heterocycles. The lowest BCUT2D eigenvalue weighted by Gasteiger charge is -2.18. The number of ether oxygens (including phenoxy) is 1. The number of carbonyl (C=O) groups excluding carboxylic acids is 1. The molecule has 0 aliphatic rings. The van der Waals surface area contributed by atoms with Crippen LogP contribution in [0.25, 0.3) is 11.5 Å². The van der Waals surface area contributed by atoms with Crippen molar-refractivity contribution < 1.29 is 18.3 Å². The highest BCUT2D eigenvalue weighted by molar-refractivity contribution is 5.77. The Bertz CT molecular complexity index is 966. The van der Waals surface area contributed by atoms with Gasteiger partial charge in [-0.3, -0.25) is 4.79 Å². The van der Waals surface area contributed by atoms with Crippen LogP contribution in [0.4, 0.5) is 4.39 Å². The summed E-state index contributed by atoms with van der Waals surface area (Å²) < 4.78 is 24.4. The van der Waals surface area contributed by atoms with E-state index in [-0.39, 0.29) is 24.6 Å². The number of nitrogens with zero attached hydrogens (tertiary/aromatic N) is 4. The zero-order valence-corrected chi connectivity index (χ0v) is 14.4. The Labute approximate surface area is 154 Å². The maximum atomic E-state index is 13.8. The number of carbonyl (C=O) groups is 1. The van der Waals surface area contributed by atoms with Gasteiger partial charge in [0.1, 0.15) is 11.6 Å². The summed E-state index contributed by atoms with van der Waals surface area (Å²) in [6.07, 6.45) is 1.24. The highest BCUT2D eigenvalue weighted by Crippen LogP contribution is 2.20. The molecule has 0 unspecified atom stereocenters. The van der Waals surface area contributed by atoms with Crippen LogP contribution in [0.3, 0.4) is 0 Å². The smallest absolute Gasteiger partial charge is 0.260 e. The number of benzene rings is 2. The van der Waals surface area contributed by atoms with E-state index in [0.717, 1.165) is 5.56 Å². The van der Waals surface area contributed by atoms with Crippen molar-refractivity contribution in [1.82, 2.24) is 15.1 Å². The number of hydrogen-bond acceptors (Lipinski definition) is 6. The maximum Gasteiger partial charge on any atom is 0.260 e. The third kappa shape index (κ3) is 4.46. The molecule has 0 fully saturated rings. The Kier molecular flexibility index (Phi) is 5.42. The summed E-state index contributed by atoms with van der Waals surface area (Å²) in [5.41, 5.74) is 1.34. The molecular weight excluding hydrogens is 351 g/mol. The average Bonchev–Trinajstić information content (AvgIpc) is 3.23. The zero-order valence-electron chi connectivity index (χ0n) is 14.4. The van der Waals surface area contributed by atoms with Crippen LogP contribution in [0.1, 0.15) is 11.1 Å². The van der Waals surface area contributed by atoms with Crippen molar-refractivity contribution in [3.05, 3.63) is 65.8 Å². The Morgan fingerprint density at radius 2 is 2.07 bits per heavy atom. The van der Waals surface area contributed by atoms with E-state index >= 15 is 0 Å². The van der Waals surface area contributed by atoms with Gasteiger partial charge in [-0.25, -0.2) is 4.39 Å². The van der Waals surface area contributed by atoms with Gasteiger partial charge in [0.15, 0.2) is 6.61 Å². The molecule has 0 aliphatic heterocycles. The van der Waals surface area contributed by atoms with Gasteiger partial charge in [-0.1, -0.05) is 0 Å². The molecule has 8 heteroatoms. The topological polar surface area (TPSA) is 92.2 Å². The van der Waals surface area contributed by atoms with Crippen LogP contribution in [-0.2, 0) is 11.3 Å². The molecule has 0 bridgehead atoms. The van der Waals surface area contributed by atoms with Gasteiger partial charge in [-0.2, -0.15) is 5.26 Å². The van der Waals surface area contributed by atoms with E-state index in [2.05, 4.69) is 10.2 Å². The number of hydrogen-bond donors (Lipinski definition) is 0. The number of halogens is 1. The number of amides is 1. The van der Waals surface area contributed by atoms with Gasteiger partial charge in [0.2, 0.25) is 12.3 Å². The minimum atomic E-state index is -0.466. The lowest BCUT2D eigenvalue weighted by molar-refractivity contribution is -0.132. The molecule has 3 rings (SSSR count). The second kappa shape index (κ2) is 8.10. The number of likely N-dealkylation sites (N-methyl/N-ethyl adjacent to an activating group) is 1. The molecule has 1 amide bonds. The van der Waals surface area contributed by atoms with E-state index in [0.29, 0.717) is 17.2 Å². The molecule has 2 aromatic carbocycles.